The Kier molecular flexibility index (Phi) is 8.31. The number of nitrogens with zero attached hydrogens (tertiary/aromatic N) is 10. The summed E-state index contributed by atoms with van der Waals surface area (Å²) < 4.78 is 71.5. The third-order valence-corrected chi connectivity index (χ3v) is 10.2. The Balaban J connectivity index is 0.000000150. The largest absolute Gasteiger partial charge is 0.269 e. The molecule has 6 aromatic rings. The molecule has 0 saturated carbocycles. The molecular weight excluding hydrogens is 651 g/mol. The Morgan fingerprint density at radius 3 is 1.81 bits per heavy atom. The van der Waals surface area contributed by atoms with Gasteiger partial charge in [0.15, 0.2) is 29.9 Å². The zero-order valence-electron chi connectivity index (χ0n) is 24.6. The Labute approximate surface area is 270 Å². The first-order chi connectivity index (χ1) is 22.8. The topological polar surface area (TPSA) is 148 Å². The van der Waals surface area contributed by atoms with E-state index in [1.54, 1.807) is 33.9 Å². The van der Waals surface area contributed by atoms with Gasteiger partial charge >= 0.3 is 0 Å². The number of hydrogen-bond acceptors (Lipinski definition) is 9. The molecule has 2 aliphatic rings. The van der Waals surface area contributed by atoms with Gasteiger partial charge in [0.05, 0.1) is 12.1 Å². The fourth-order valence-electron chi connectivity index (χ4n) is 5.61. The number of halogens is 2. The zero-order chi connectivity index (χ0) is 32.5. The van der Waals surface area contributed by atoms with Crippen LogP contribution < -0.4 is 0 Å². The van der Waals surface area contributed by atoms with Crippen molar-refractivity contribution in [2.45, 2.75) is 59.3 Å². The van der Waals surface area contributed by atoms with Crippen LogP contribution >= 0.6 is 0 Å². The Morgan fingerprint density at radius 1 is 0.723 bits per heavy atom. The first-order valence-electron chi connectivity index (χ1n) is 14.6. The molecule has 0 fully saturated rings. The SMILES string of the molecule is O=S(=O)(Cn1cccn1)c1nc2n(n1)[C@H](c1ccccc1)C[C@@H]2F.O=S(Cn1cccn1)c1nc2n(n1)[C@H](c1ccccc1)C[C@@H]2F. The first-order valence-corrected chi connectivity index (χ1v) is 17.6. The van der Waals surface area contributed by atoms with Gasteiger partial charge in [-0.1, -0.05) is 60.7 Å². The van der Waals surface area contributed by atoms with Crippen molar-refractivity contribution < 1.29 is 21.4 Å². The van der Waals surface area contributed by atoms with Crippen molar-refractivity contribution >= 4 is 20.6 Å². The molecule has 0 amide bonds. The molecule has 0 bridgehead atoms. The molecule has 0 saturated heterocycles. The molecule has 0 aliphatic carbocycles. The molecule has 0 radical (unpaired) electrons. The number of benzene rings is 2. The highest BCUT2D eigenvalue weighted by atomic mass is 32.2. The molecule has 1 unspecified atom stereocenters. The van der Waals surface area contributed by atoms with Gasteiger partial charge in [-0.25, -0.2) is 35.8 Å². The summed E-state index contributed by atoms with van der Waals surface area (Å²) in [4.78, 5) is 8.11. The minimum atomic E-state index is -3.80. The Hall–Kier alpha value is -4.90. The molecule has 2 aromatic carbocycles. The van der Waals surface area contributed by atoms with E-state index in [0.29, 0.717) is 6.42 Å². The summed E-state index contributed by atoms with van der Waals surface area (Å²) in [5.41, 5.74) is 1.85. The lowest BCUT2D eigenvalue weighted by Gasteiger charge is -2.11. The van der Waals surface area contributed by atoms with Crippen LogP contribution in [0, 0.1) is 0 Å². The third-order valence-electron chi connectivity index (χ3n) is 7.81. The van der Waals surface area contributed by atoms with E-state index in [2.05, 4.69) is 30.4 Å². The van der Waals surface area contributed by atoms with Gasteiger partial charge in [-0.3, -0.25) is 9.36 Å². The molecule has 0 spiro atoms. The second kappa shape index (κ2) is 12.7. The smallest absolute Gasteiger partial charge is 0.260 e. The fourth-order valence-corrected chi connectivity index (χ4v) is 7.56. The van der Waals surface area contributed by atoms with Crippen LogP contribution in [0.25, 0.3) is 0 Å². The van der Waals surface area contributed by atoms with Crippen LogP contribution in [-0.2, 0) is 32.4 Å². The first kappa shape index (κ1) is 30.7. The summed E-state index contributed by atoms with van der Waals surface area (Å²) in [5, 5.41) is 16.1. The van der Waals surface area contributed by atoms with E-state index in [1.807, 2.05) is 60.7 Å². The molecule has 2 aliphatic heterocycles. The highest BCUT2D eigenvalue weighted by Crippen LogP contribution is 2.40. The molecule has 4 aromatic heterocycles. The van der Waals surface area contributed by atoms with Gasteiger partial charge < -0.3 is 0 Å². The van der Waals surface area contributed by atoms with E-state index >= 15 is 0 Å². The number of sulfone groups is 1. The predicted molar refractivity (Wildman–Crippen MR) is 164 cm³/mol. The van der Waals surface area contributed by atoms with E-state index in [0.717, 1.165) is 11.1 Å². The molecular formula is C30H28F2N10O3S2. The van der Waals surface area contributed by atoms with Gasteiger partial charge in [0.25, 0.3) is 5.16 Å². The van der Waals surface area contributed by atoms with Crippen molar-refractivity contribution in [1.82, 2.24) is 49.1 Å². The van der Waals surface area contributed by atoms with E-state index in [9.17, 15) is 21.4 Å². The van der Waals surface area contributed by atoms with Crippen molar-refractivity contribution in [2.75, 3.05) is 0 Å². The zero-order valence-corrected chi connectivity index (χ0v) is 26.3. The quantitative estimate of drug-likeness (QED) is 0.232. The van der Waals surface area contributed by atoms with Crippen molar-refractivity contribution in [3.8, 4) is 0 Å². The highest BCUT2D eigenvalue weighted by molar-refractivity contribution is 7.90. The third kappa shape index (κ3) is 6.27. The molecule has 47 heavy (non-hydrogen) atoms. The van der Waals surface area contributed by atoms with Crippen molar-refractivity contribution in [1.29, 1.82) is 0 Å². The second-order valence-electron chi connectivity index (χ2n) is 11.0. The molecule has 17 heteroatoms. The molecule has 6 heterocycles. The monoisotopic (exact) mass is 678 g/mol. The normalized spacial score (nSPS) is 20.7. The lowest BCUT2D eigenvalue weighted by atomic mass is 10.0. The highest BCUT2D eigenvalue weighted by Gasteiger charge is 2.38. The summed E-state index contributed by atoms with van der Waals surface area (Å²) in [7, 11) is -5.26. The summed E-state index contributed by atoms with van der Waals surface area (Å²) in [6.07, 6.45) is 4.34. The molecule has 8 rings (SSSR count). The average molecular weight is 679 g/mol. The van der Waals surface area contributed by atoms with E-state index < -0.39 is 33.0 Å². The minimum absolute atomic E-state index is 0.0582. The van der Waals surface area contributed by atoms with Gasteiger partial charge in [0.2, 0.25) is 15.0 Å². The van der Waals surface area contributed by atoms with Crippen LogP contribution in [0.1, 0.15) is 60.0 Å². The molecule has 0 N–H and O–H groups in total. The maximum atomic E-state index is 14.3. The van der Waals surface area contributed by atoms with Crippen LogP contribution in [0.2, 0.25) is 0 Å². The van der Waals surface area contributed by atoms with Gasteiger partial charge in [0, 0.05) is 37.6 Å². The van der Waals surface area contributed by atoms with Crippen LogP contribution in [0.5, 0.6) is 0 Å². The molecule has 242 valence electrons. The number of fused-ring (bicyclic) bond motifs is 2. The molecule has 5 atom stereocenters. The number of alkyl halides is 2. The van der Waals surface area contributed by atoms with Crippen molar-refractivity contribution in [2.24, 2.45) is 0 Å². The summed E-state index contributed by atoms with van der Waals surface area (Å²) in [6.45, 7) is 0. The Bertz CT molecular complexity index is 2090. The second-order valence-corrected chi connectivity index (χ2v) is 14.1. The fraction of sp³-hybridized carbons (Fsp3) is 0.267. The maximum absolute atomic E-state index is 14.3. The van der Waals surface area contributed by atoms with Crippen LogP contribution in [0.15, 0.2) is 108 Å². The van der Waals surface area contributed by atoms with Gasteiger partial charge in [-0.2, -0.15) is 15.2 Å². The summed E-state index contributed by atoms with van der Waals surface area (Å²) in [5.74, 6) is 0.0883. The van der Waals surface area contributed by atoms with E-state index in [4.69, 9.17) is 0 Å². The van der Waals surface area contributed by atoms with Crippen LogP contribution in [0.4, 0.5) is 8.78 Å². The Morgan fingerprint density at radius 2 is 1.26 bits per heavy atom. The maximum Gasteiger partial charge on any atom is 0.269 e. The van der Waals surface area contributed by atoms with Gasteiger partial charge in [-0.15, -0.1) is 10.2 Å². The standard InChI is InChI=1S/C15H14FN5O2S.C15H14FN5OS/c16-12-9-13(11-5-2-1-3-6-11)21-14(12)18-15(19-21)24(22,23)10-20-8-4-7-17-20;16-12-9-13(11-5-2-1-3-6-11)21-14(12)18-15(19-21)23(22)10-20-8-4-7-17-20/h1-8,12-13H,9-10H2;1-8,12-13H,9-10H2/t12-,13-;12-,13-,23?/m00/s1. The van der Waals surface area contributed by atoms with Crippen molar-refractivity contribution in [3.63, 3.8) is 0 Å². The van der Waals surface area contributed by atoms with Gasteiger partial charge in [-0.05, 0) is 23.3 Å². The average Bonchev–Trinajstić information content (AvgIpc) is 3.92. The summed E-state index contributed by atoms with van der Waals surface area (Å²) >= 11 is 0. The number of aromatic nitrogens is 10. The van der Waals surface area contributed by atoms with Gasteiger partial charge in [0.1, 0.15) is 16.7 Å². The van der Waals surface area contributed by atoms with E-state index in [1.165, 1.54) is 21.8 Å². The van der Waals surface area contributed by atoms with Crippen LogP contribution in [0.3, 0.4) is 0 Å². The summed E-state index contributed by atoms with van der Waals surface area (Å²) in [6, 6.07) is 21.7. The molecule has 13 nitrogen and oxygen atoms in total. The number of hydrogen-bond donors (Lipinski definition) is 0. The number of rotatable bonds is 8. The predicted octanol–water partition coefficient (Wildman–Crippen LogP) is 4.15. The van der Waals surface area contributed by atoms with Crippen LogP contribution in [-0.4, -0.2) is 61.7 Å². The minimum Gasteiger partial charge on any atom is -0.260 e. The lowest BCUT2D eigenvalue weighted by Crippen LogP contribution is -2.15. The lowest BCUT2D eigenvalue weighted by molar-refractivity contribution is 0.326. The van der Waals surface area contributed by atoms with E-state index in [-0.39, 0.29) is 52.2 Å². The van der Waals surface area contributed by atoms with Crippen molar-refractivity contribution in [3.05, 3.63) is 120 Å².